The summed E-state index contributed by atoms with van der Waals surface area (Å²) in [7, 11) is 0. The maximum Gasteiger partial charge on any atom is 0.0210 e. The van der Waals surface area contributed by atoms with Crippen molar-refractivity contribution in [2.75, 3.05) is 0 Å². The van der Waals surface area contributed by atoms with Gasteiger partial charge in [0.05, 0.1) is 0 Å². The van der Waals surface area contributed by atoms with Gasteiger partial charge in [0, 0.05) is 12.6 Å². The average molecular weight is 175 g/mol. The van der Waals surface area contributed by atoms with Crippen molar-refractivity contribution >= 4 is 0 Å². The lowest BCUT2D eigenvalue weighted by Crippen LogP contribution is -2.34. The fourth-order valence-corrected chi connectivity index (χ4v) is 1.68. The molecule has 1 aromatic rings. The summed E-state index contributed by atoms with van der Waals surface area (Å²) >= 11 is 0. The van der Waals surface area contributed by atoms with E-state index in [0.717, 1.165) is 12.6 Å². The quantitative estimate of drug-likeness (QED) is 0.744. The maximum atomic E-state index is 3.58. The molecule has 70 valence electrons. The highest BCUT2D eigenvalue weighted by molar-refractivity contribution is 5.25. The Labute approximate surface area is 80.2 Å². The summed E-state index contributed by atoms with van der Waals surface area (Å²) in [6.45, 7) is 3.22. The molecule has 0 radical (unpaired) electrons. The van der Waals surface area contributed by atoms with Gasteiger partial charge in [0.15, 0.2) is 0 Å². The fraction of sp³-hybridized carbons (Fsp3) is 0.500. The molecule has 0 saturated heterocycles. The molecule has 1 N–H and O–H groups in total. The van der Waals surface area contributed by atoms with Crippen molar-refractivity contribution in [1.82, 2.24) is 5.32 Å². The predicted octanol–water partition coefficient (Wildman–Crippen LogP) is 2.64. The van der Waals surface area contributed by atoms with Crippen molar-refractivity contribution in [3.63, 3.8) is 0 Å². The summed E-state index contributed by atoms with van der Waals surface area (Å²) < 4.78 is 0. The molecule has 0 aromatic heterocycles. The Kier molecular flexibility index (Phi) is 2.65. The SMILES string of the molecule is Cc1ccccc1CNC1CCC1. The van der Waals surface area contributed by atoms with Gasteiger partial charge in [0.2, 0.25) is 0 Å². The number of benzene rings is 1. The van der Waals surface area contributed by atoms with Gasteiger partial charge in [-0.15, -0.1) is 0 Å². The van der Waals surface area contributed by atoms with Gasteiger partial charge >= 0.3 is 0 Å². The highest BCUT2D eigenvalue weighted by atomic mass is 14.9. The van der Waals surface area contributed by atoms with Crippen molar-refractivity contribution < 1.29 is 0 Å². The van der Waals surface area contributed by atoms with Crippen LogP contribution in [0.25, 0.3) is 0 Å². The first-order chi connectivity index (χ1) is 6.36. The summed E-state index contributed by atoms with van der Waals surface area (Å²) in [6.07, 6.45) is 4.14. The molecule has 0 unspecified atom stereocenters. The van der Waals surface area contributed by atoms with Crippen LogP contribution in [0.1, 0.15) is 30.4 Å². The molecule has 1 fully saturated rings. The minimum absolute atomic E-state index is 0.791. The van der Waals surface area contributed by atoms with Gasteiger partial charge in [0.1, 0.15) is 0 Å². The standard InChI is InChI=1S/C12H17N/c1-10-5-2-3-6-11(10)9-13-12-7-4-8-12/h2-3,5-6,12-13H,4,7-9H2,1H3. The minimum atomic E-state index is 0.791. The van der Waals surface area contributed by atoms with E-state index in [9.17, 15) is 0 Å². The molecule has 0 spiro atoms. The van der Waals surface area contributed by atoms with Gasteiger partial charge in [-0.2, -0.15) is 0 Å². The van der Waals surface area contributed by atoms with Crippen LogP contribution in [0, 0.1) is 6.92 Å². The van der Waals surface area contributed by atoms with Crippen molar-refractivity contribution in [2.24, 2.45) is 0 Å². The van der Waals surface area contributed by atoms with E-state index in [1.54, 1.807) is 0 Å². The fourth-order valence-electron chi connectivity index (χ4n) is 1.68. The van der Waals surface area contributed by atoms with E-state index in [4.69, 9.17) is 0 Å². The van der Waals surface area contributed by atoms with Crippen molar-refractivity contribution in [3.8, 4) is 0 Å². The van der Waals surface area contributed by atoms with Crippen LogP contribution in [0.5, 0.6) is 0 Å². The molecule has 1 aromatic carbocycles. The predicted molar refractivity (Wildman–Crippen MR) is 55.7 cm³/mol. The van der Waals surface area contributed by atoms with E-state index in [-0.39, 0.29) is 0 Å². The van der Waals surface area contributed by atoms with E-state index in [2.05, 4.69) is 36.5 Å². The Bertz CT molecular complexity index is 276. The Morgan fingerprint density at radius 3 is 2.69 bits per heavy atom. The molecule has 0 heterocycles. The Morgan fingerprint density at radius 2 is 2.08 bits per heavy atom. The smallest absolute Gasteiger partial charge is 0.0210 e. The number of hydrogen-bond acceptors (Lipinski definition) is 1. The second kappa shape index (κ2) is 3.93. The summed E-state index contributed by atoms with van der Waals surface area (Å²) in [5.74, 6) is 0. The number of aryl methyl sites for hydroxylation is 1. The maximum absolute atomic E-state index is 3.58. The lowest BCUT2D eigenvalue weighted by molar-refractivity contribution is 0.338. The van der Waals surface area contributed by atoms with Gasteiger partial charge in [-0.05, 0) is 30.9 Å². The van der Waals surface area contributed by atoms with Gasteiger partial charge < -0.3 is 5.32 Å². The summed E-state index contributed by atoms with van der Waals surface area (Å²) in [5.41, 5.74) is 2.84. The normalized spacial score (nSPS) is 17.0. The molecule has 1 aliphatic rings. The summed E-state index contributed by atoms with van der Waals surface area (Å²) in [6, 6.07) is 9.39. The molecule has 1 nitrogen and oxygen atoms in total. The minimum Gasteiger partial charge on any atom is -0.310 e. The van der Waals surface area contributed by atoms with Crippen LogP contribution in [-0.2, 0) is 6.54 Å². The summed E-state index contributed by atoms with van der Waals surface area (Å²) in [4.78, 5) is 0. The molecule has 1 heteroatoms. The van der Waals surface area contributed by atoms with Crippen LogP contribution < -0.4 is 5.32 Å². The van der Waals surface area contributed by atoms with Gasteiger partial charge in [-0.25, -0.2) is 0 Å². The first-order valence-electron chi connectivity index (χ1n) is 5.14. The van der Waals surface area contributed by atoms with Crippen LogP contribution in [0.4, 0.5) is 0 Å². The lowest BCUT2D eigenvalue weighted by atomic mass is 9.93. The summed E-state index contributed by atoms with van der Waals surface area (Å²) in [5, 5.41) is 3.58. The third kappa shape index (κ3) is 2.10. The Hall–Kier alpha value is -0.820. The zero-order valence-corrected chi connectivity index (χ0v) is 8.22. The van der Waals surface area contributed by atoms with Crippen LogP contribution in [0.3, 0.4) is 0 Å². The molecule has 1 saturated carbocycles. The zero-order chi connectivity index (χ0) is 9.10. The molecular weight excluding hydrogens is 158 g/mol. The first kappa shape index (κ1) is 8.76. The van der Waals surface area contributed by atoms with Crippen molar-refractivity contribution in [1.29, 1.82) is 0 Å². The lowest BCUT2D eigenvalue weighted by Gasteiger charge is -2.26. The molecule has 2 rings (SSSR count). The third-order valence-corrected chi connectivity index (χ3v) is 2.95. The molecule has 0 aliphatic heterocycles. The van der Waals surface area contributed by atoms with Crippen LogP contribution in [0.15, 0.2) is 24.3 Å². The van der Waals surface area contributed by atoms with Crippen LogP contribution in [0.2, 0.25) is 0 Å². The average Bonchev–Trinajstić information content (AvgIpc) is 2.05. The second-order valence-corrected chi connectivity index (χ2v) is 3.94. The van der Waals surface area contributed by atoms with Gasteiger partial charge in [-0.1, -0.05) is 30.7 Å². The van der Waals surface area contributed by atoms with E-state index in [1.807, 2.05) is 0 Å². The van der Waals surface area contributed by atoms with Gasteiger partial charge in [-0.3, -0.25) is 0 Å². The monoisotopic (exact) mass is 175 g/mol. The number of rotatable bonds is 3. The van der Waals surface area contributed by atoms with E-state index in [0.29, 0.717) is 0 Å². The van der Waals surface area contributed by atoms with E-state index >= 15 is 0 Å². The van der Waals surface area contributed by atoms with E-state index in [1.165, 1.54) is 30.4 Å². The highest BCUT2D eigenvalue weighted by Crippen LogP contribution is 2.18. The van der Waals surface area contributed by atoms with Gasteiger partial charge in [0.25, 0.3) is 0 Å². The molecule has 0 amide bonds. The van der Waals surface area contributed by atoms with Crippen molar-refractivity contribution in [3.05, 3.63) is 35.4 Å². The Morgan fingerprint density at radius 1 is 1.31 bits per heavy atom. The molecule has 0 atom stereocenters. The molecule has 13 heavy (non-hydrogen) atoms. The second-order valence-electron chi connectivity index (χ2n) is 3.94. The molecular formula is C12H17N. The van der Waals surface area contributed by atoms with Crippen molar-refractivity contribution in [2.45, 2.75) is 38.8 Å². The van der Waals surface area contributed by atoms with Crippen LogP contribution in [-0.4, -0.2) is 6.04 Å². The third-order valence-electron chi connectivity index (χ3n) is 2.95. The Balaban J connectivity index is 1.89. The number of nitrogens with one attached hydrogen (secondary N) is 1. The van der Waals surface area contributed by atoms with E-state index < -0.39 is 0 Å². The zero-order valence-electron chi connectivity index (χ0n) is 8.22. The molecule has 0 bridgehead atoms. The largest absolute Gasteiger partial charge is 0.310 e. The first-order valence-corrected chi connectivity index (χ1v) is 5.14. The number of hydrogen-bond donors (Lipinski definition) is 1. The highest BCUT2D eigenvalue weighted by Gasteiger charge is 2.16. The topological polar surface area (TPSA) is 12.0 Å². The molecule has 1 aliphatic carbocycles. The van der Waals surface area contributed by atoms with Crippen LogP contribution >= 0.6 is 0 Å².